The summed E-state index contributed by atoms with van der Waals surface area (Å²) in [7, 11) is 0. The molecule has 0 amide bonds. The van der Waals surface area contributed by atoms with Crippen LogP contribution in [-0.4, -0.2) is 14.8 Å². The Hall–Kier alpha value is -1.85. The van der Waals surface area contributed by atoms with E-state index >= 15 is 0 Å². The highest BCUT2D eigenvalue weighted by atomic mass is 35.5. The van der Waals surface area contributed by atoms with Gasteiger partial charge in [0, 0.05) is 27.3 Å². The Balaban J connectivity index is 2.11. The fraction of sp³-hybridized carbons (Fsp3) is 0.176. The Morgan fingerprint density at radius 3 is 3.00 bits per heavy atom. The average molecular weight is 347 g/mol. The number of aromatic nitrogens is 2. The summed E-state index contributed by atoms with van der Waals surface area (Å²) in [5, 5.41) is 1.28. The zero-order chi connectivity index (χ0) is 16.1. The summed E-state index contributed by atoms with van der Waals surface area (Å²) in [6.07, 6.45) is 2.37. The normalized spacial score (nSPS) is 16.7. The second-order valence-electron chi connectivity index (χ2n) is 5.55. The van der Waals surface area contributed by atoms with Crippen LogP contribution in [0.3, 0.4) is 0 Å². The Labute approximate surface area is 141 Å². The van der Waals surface area contributed by atoms with Crippen molar-refractivity contribution in [2.75, 3.05) is 0 Å². The summed E-state index contributed by atoms with van der Waals surface area (Å²) in [6, 6.07) is 8.11. The molecular weight excluding hydrogens is 335 g/mol. The molecule has 1 atom stereocenters. The maximum absolute atomic E-state index is 13.5. The number of hydrogen-bond acceptors (Lipinski definition) is 3. The maximum atomic E-state index is 13.5. The molecule has 3 aromatic rings. The van der Waals surface area contributed by atoms with Gasteiger partial charge in [-0.1, -0.05) is 18.5 Å². The quantitative estimate of drug-likeness (QED) is 0.662. The van der Waals surface area contributed by atoms with Crippen molar-refractivity contribution >= 4 is 34.4 Å². The second-order valence-corrected chi connectivity index (χ2v) is 7.41. The van der Waals surface area contributed by atoms with E-state index in [2.05, 4.69) is 11.9 Å². The first kappa shape index (κ1) is 14.7. The molecule has 0 saturated heterocycles. The van der Waals surface area contributed by atoms with E-state index in [4.69, 9.17) is 11.6 Å². The molecule has 1 aliphatic rings. The monoisotopic (exact) mass is 346 g/mol. The molecule has 2 aromatic heterocycles. The third-order valence-electron chi connectivity index (χ3n) is 3.95. The fourth-order valence-corrected chi connectivity index (χ4v) is 4.38. The molecule has 0 radical (unpaired) electrons. The van der Waals surface area contributed by atoms with Gasteiger partial charge < -0.3 is 0 Å². The van der Waals surface area contributed by atoms with Crippen LogP contribution in [0.25, 0.3) is 16.7 Å². The number of hydrogen-bond donors (Lipinski definition) is 0. The Kier molecular flexibility index (Phi) is 3.43. The molecule has 0 aliphatic carbocycles. The first-order chi connectivity index (χ1) is 11.1. The van der Waals surface area contributed by atoms with Crippen LogP contribution in [0.15, 0.2) is 46.2 Å². The molecule has 0 saturated carbocycles. The van der Waals surface area contributed by atoms with E-state index in [1.807, 2.05) is 12.1 Å². The lowest BCUT2D eigenvalue weighted by atomic mass is 10.1. The highest BCUT2D eigenvalue weighted by Gasteiger charge is 2.27. The lowest BCUT2D eigenvalue weighted by Gasteiger charge is -2.13. The van der Waals surface area contributed by atoms with E-state index in [-0.39, 0.29) is 10.6 Å². The first-order valence-electron chi connectivity index (χ1n) is 7.21. The average Bonchev–Trinajstić information content (AvgIpc) is 2.93. The highest BCUT2D eigenvalue weighted by molar-refractivity contribution is 8.00. The predicted molar refractivity (Wildman–Crippen MR) is 91.3 cm³/mol. The van der Waals surface area contributed by atoms with Crippen molar-refractivity contribution < 1.29 is 4.39 Å². The van der Waals surface area contributed by atoms with E-state index in [1.54, 1.807) is 24.0 Å². The molecule has 0 N–H and O–H groups in total. The van der Waals surface area contributed by atoms with E-state index < -0.39 is 5.82 Å². The molecule has 3 heterocycles. The van der Waals surface area contributed by atoms with Crippen LogP contribution in [0.4, 0.5) is 4.39 Å². The van der Waals surface area contributed by atoms with Crippen LogP contribution in [0.2, 0.25) is 5.02 Å². The van der Waals surface area contributed by atoms with Crippen LogP contribution < -0.4 is 5.56 Å². The predicted octanol–water partition coefficient (Wildman–Crippen LogP) is 4.21. The molecule has 4 rings (SSSR count). The van der Waals surface area contributed by atoms with Crippen molar-refractivity contribution in [3.8, 4) is 5.69 Å². The molecule has 6 heteroatoms. The topological polar surface area (TPSA) is 34.9 Å². The van der Waals surface area contributed by atoms with E-state index in [9.17, 15) is 9.18 Å². The van der Waals surface area contributed by atoms with Crippen molar-refractivity contribution in [1.29, 1.82) is 0 Å². The molecule has 0 spiro atoms. The minimum Gasteiger partial charge on any atom is -0.269 e. The lowest BCUT2D eigenvalue weighted by Crippen LogP contribution is -2.23. The Morgan fingerprint density at radius 1 is 1.39 bits per heavy atom. The van der Waals surface area contributed by atoms with Gasteiger partial charge in [0.1, 0.15) is 11.5 Å². The molecule has 1 aliphatic heterocycles. The summed E-state index contributed by atoms with van der Waals surface area (Å²) in [5.41, 5.74) is 1.78. The maximum Gasteiger partial charge on any atom is 0.261 e. The van der Waals surface area contributed by atoms with Crippen LogP contribution in [0.5, 0.6) is 0 Å². The van der Waals surface area contributed by atoms with E-state index in [0.29, 0.717) is 16.6 Å². The zero-order valence-electron chi connectivity index (χ0n) is 12.2. The lowest BCUT2D eigenvalue weighted by molar-refractivity contribution is 0.628. The highest BCUT2D eigenvalue weighted by Crippen LogP contribution is 2.39. The van der Waals surface area contributed by atoms with Crippen LogP contribution in [0, 0.1) is 5.82 Å². The van der Waals surface area contributed by atoms with Gasteiger partial charge in [0.2, 0.25) is 0 Å². The molecule has 1 unspecified atom stereocenters. The van der Waals surface area contributed by atoms with E-state index in [1.165, 1.54) is 16.7 Å². The van der Waals surface area contributed by atoms with Crippen molar-refractivity contribution in [2.24, 2.45) is 0 Å². The molecule has 0 bridgehead atoms. The first-order valence-corrected chi connectivity index (χ1v) is 8.46. The van der Waals surface area contributed by atoms with Gasteiger partial charge in [-0.25, -0.2) is 9.37 Å². The third kappa shape index (κ3) is 2.26. The van der Waals surface area contributed by atoms with Crippen molar-refractivity contribution in [1.82, 2.24) is 9.55 Å². The van der Waals surface area contributed by atoms with Gasteiger partial charge in [-0.2, -0.15) is 0 Å². The Morgan fingerprint density at radius 2 is 2.22 bits per heavy atom. The van der Waals surface area contributed by atoms with Crippen LogP contribution in [0.1, 0.15) is 12.5 Å². The molecular formula is C17H12ClFN2OS. The molecule has 23 heavy (non-hydrogen) atoms. The standard InChI is InChI=1S/C17H12ClFN2OS/c1-9-7-12-15(23-9)11-3-2-6-20-16(11)21(17(12)22)10-4-5-14(19)13(18)8-10/h2-6,8-9H,7H2,1H3. The number of nitrogens with zero attached hydrogens (tertiary/aromatic N) is 2. The summed E-state index contributed by atoms with van der Waals surface area (Å²) < 4.78 is 15.0. The molecule has 3 nitrogen and oxygen atoms in total. The smallest absolute Gasteiger partial charge is 0.261 e. The molecule has 1 aromatic carbocycles. The van der Waals surface area contributed by atoms with Gasteiger partial charge >= 0.3 is 0 Å². The zero-order valence-corrected chi connectivity index (χ0v) is 13.8. The summed E-state index contributed by atoms with van der Waals surface area (Å²) in [5.74, 6) is -0.508. The SMILES string of the molecule is CC1Cc2c(c3cccnc3n(-c3ccc(F)c(Cl)c3)c2=O)S1. The third-order valence-corrected chi connectivity index (χ3v) is 5.51. The van der Waals surface area contributed by atoms with Crippen LogP contribution >= 0.6 is 23.4 Å². The largest absolute Gasteiger partial charge is 0.269 e. The minimum absolute atomic E-state index is 0.0123. The van der Waals surface area contributed by atoms with Crippen molar-refractivity contribution in [3.05, 3.63) is 63.3 Å². The minimum atomic E-state index is -0.508. The summed E-state index contributed by atoms with van der Waals surface area (Å²) >= 11 is 7.60. The van der Waals surface area contributed by atoms with Gasteiger partial charge in [-0.15, -0.1) is 11.8 Å². The van der Waals surface area contributed by atoms with Gasteiger partial charge in [-0.3, -0.25) is 9.36 Å². The molecule has 116 valence electrons. The van der Waals surface area contributed by atoms with Gasteiger partial charge in [0.05, 0.1) is 10.7 Å². The number of halogens is 2. The second kappa shape index (κ2) is 5.35. The van der Waals surface area contributed by atoms with Gasteiger partial charge in [0.15, 0.2) is 0 Å². The van der Waals surface area contributed by atoms with Crippen molar-refractivity contribution in [2.45, 2.75) is 23.5 Å². The number of benzene rings is 1. The van der Waals surface area contributed by atoms with E-state index in [0.717, 1.165) is 22.3 Å². The van der Waals surface area contributed by atoms with Gasteiger partial charge in [-0.05, 0) is 36.8 Å². The number of thioether (sulfide) groups is 1. The Bertz CT molecular complexity index is 1000. The van der Waals surface area contributed by atoms with Crippen LogP contribution in [-0.2, 0) is 6.42 Å². The number of fused-ring (bicyclic) bond motifs is 3. The summed E-state index contributed by atoms with van der Waals surface area (Å²) in [6.45, 7) is 2.10. The number of rotatable bonds is 1. The summed E-state index contributed by atoms with van der Waals surface area (Å²) in [4.78, 5) is 18.4. The van der Waals surface area contributed by atoms with Crippen molar-refractivity contribution in [3.63, 3.8) is 0 Å². The number of pyridine rings is 2. The van der Waals surface area contributed by atoms with Gasteiger partial charge in [0.25, 0.3) is 5.56 Å². The molecule has 0 fully saturated rings. The fourth-order valence-electron chi connectivity index (χ4n) is 2.95.